The van der Waals surface area contributed by atoms with Gasteiger partial charge in [0.2, 0.25) is 0 Å². The van der Waals surface area contributed by atoms with Gasteiger partial charge in [0.25, 0.3) is 7.52 Å². The van der Waals surface area contributed by atoms with Crippen molar-refractivity contribution in [3.8, 4) is 0 Å². The van der Waals surface area contributed by atoms with Crippen LogP contribution in [0.2, 0.25) is 0 Å². The lowest BCUT2D eigenvalue weighted by molar-refractivity contribution is 0.178. The van der Waals surface area contributed by atoms with Crippen LogP contribution in [-0.4, -0.2) is 56.1 Å². The Hall–Kier alpha value is 0.110. The molecule has 1 aliphatic heterocycles. The van der Waals surface area contributed by atoms with Crippen molar-refractivity contribution in [2.45, 2.75) is 25.8 Å². The molecule has 1 fully saturated rings. The van der Waals surface area contributed by atoms with Crippen molar-refractivity contribution in [1.29, 1.82) is 0 Å². The van der Waals surface area contributed by atoms with Crippen LogP contribution in [0, 0.1) is 0 Å². The number of nitrogens with zero attached hydrogens (tertiary/aromatic N) is 2. The van der Waals surface area contributed by atoms with Crippen LogP contribution < -0.4 is 0 Å². The van der Waals surface area contributed by atoms with Crippen LogP contribution >= 0.6 is 7.52 Å². The van der Waals surface area contributed by atoms with E-state index in [0.717, 1.165) is 25.9 Å². The van der Waals surface area contributed by atoms with Gasteiger partial charge in [-0.25, -0.2) is 4.67 Å². The maximum atomic E-state index is 12.1. The van der Waals surface area contributed by atoms with Crippen molar-refractivity contribution in [3.63, 3.8) is 0 Å². The van der Waals surface area contributed by atoms with Crippen LogP contribution in [0.4, 0.5) is 0 Å². The zero-order valence-electron chi connectivity index (χ0n) is 10.3. The van der Waals surface area contributed by atoms with Crippen molar-refractivity contribution < 1.29 is 9.09 Å². The van der Waals surface area contributed by atoms with E-state index in [1.54, 1.807) is 6.66 Å². The lowest BCUT2D eigenvalue weighted by Crippen LogP contribution is -2.40. The first-order chi connectivity index (χ1) is 6.97. The molecule has 1 heterocycles. The highest BCUT2D eigenvalue weighted by Crippen LogP contribution is 2.48. The van der Waals surface area contributed by atoms with Crippen molar-refractivity contribution >= 4 is 7.52 Å². The molecule has 1 saturated heterocycles. The van der Waals surface area contributed by atoms with Gasteiger partial charge >= 0.3 is 0 Å². The second kappa shape index (κ2) is 5.44. The number of hydrogen-bond acceptors (Lipinski definition) is 3. The Balaban J connectivity index is 2.46. The Morgan fingerprint density at radius 3 is 2.33 bits per heavy atom. The van der Waals surface area contributed by atoms with E-state index in [1.165, 1.54) is 0 Å². The monoisotopic (exact) mass is 234 g/mol. The Morgan fingerprint density at radius 2 is 1.93 bits per heavy atom. The fourth-order valence-electron chi connectivity index (χ4n) is 2.05. The summed E-state index contributed by atoms with van der Waals surface area (Å²) in [7, 11) is 1.70. The molecule has 0 aliphatic carbocycles. The van der Waals surface area contributed by atoms with Gasteiger partial charge in [0.1, 0.15) is 0 Å². The minimum atomic E-state index is -2.51. The summed E-state index contributed by atoms with van der Waals surface area (Å²) in [6.45, 7) is 5.92. The highest BCUT2D eigenvalue weighted by Gasteiger charge is 2.30. The first-order valence-corrected chi connectivity index (χ1v) is 7.63. The Bertz CT molecular complexity index is 238. The van der Waals surface area contributed by atoms with Gasteiger partial charge in [0.05, 0.1) is 6.61 Å². The van der Waals surface area contributed by atoms with Gasteiger partial charge in [-0.2, -0.15) is 0 Å². The van der Waals surface area contributed by atoms with Gasteiger partial charge in [-0.3, -0.25) is 4.57 Å². The summed E-state index contributed by atoms with van der Waals surface area (Å²) in [5.74, 6) is 0. The standard InChI is InChI=1S/C10H23N2O2P/c1-5-14-15(4,13)12-8-6-10(7-9-12)11(2)3/h10H,5-9H2,1-4H3. The molecule has 1 atom stereocenters. The molecule has 0 N–H and O–H groups in total. The maximum absolute atomic E-state index is 12.1. The van der Waals surface area contributed by atoms with E-state index in [1.807, 2.05) is 11.6 Å². The maximum Gasteiger partial charge on any atom is 0.269 e. The Labute approximate surface area is 93.1 Å². The van der Waals surface area contributed by atoms with E-state index in [2.05, 4.69) is 19.0 Å². The van der Waals surface area contributed by atoms with E-state index in [-0.39, 0.29) is 0 Å². The second-order valence-electron chi connectivity index (χ2n) is 4.37. The van der Waals surface area contributed by atoms with E-state index in [9.17, 15) is 4.57 Å². The highest BCUT2D eigenvalue weighted by molar-refractivity contribution is 7.55. The smallest absolute Gasteiger partial charge is 0.269 e. The van der Waals surface area contributed by atoms with Gasteiger partial charge in [0.15, 0.2) is 0 Å². The molecule has 0 spiro atoms. The summed E-state index contributed by atoms with van der Waals surface area (Å²) < 4.78 is 19.5. The molecule has 5 heteroatoms. The van der Waals surface area contributed by atoms with Crippen molar-refractivity contribution in [1.82, 2.24) is 9.57 Å². The quantitative estimate of drug-likeness (QED) is 0.695. The van der Waals surface area contributed by atoms with Crippen molar-refractivity contribution in [3.05, 3.63) is 0 Å². The van der Waals surface area contributed by atoms with Crippen LogP contribution in [0.5, 0.6) is 0 Å². The predicted molar refractivity (Wildman–Crippen MR) is 63.4 cm³/mol. The zero-order chi connectivity index (χ0) is 11.5. The van der Waals surface area contributed by atoms with Gasteiger partial charge in [-0.15, -0.1) is 0 Å². The molecule has 0 saturated carbocycles. The Kier molecular flexibility index (Phi) is 4.78. The lowest BCUT2D eigenvalue weighted by Gasteiger charge is -2.37. The summed E-state index contributed by atoms with van der Waals surface area (Å²) in [6, 6.07) is 0.628. The van der Waals surface area contributed by atoms with Crippen LogP contribution in [0.25, 0.3) is 0 Å². The molecule has 1 rings (SSSR count). The topological polar surface area (TPSA) is 32.8 Å². The van der Waals surface area contributed by atoms with Crippen LogP contribution in [0.15, 0.2) is 0 Å². The number of rotatable bonds is 4. The summed E-state index contributed by atoms with van der Waals surface area (Å²) in [5, 5.41) is 0. The molecule has 90 valence electrons. The van der Waals surface area contributed by atoms with E-state index < -0.39 is 7.52 Å². The third-order valence-electron chi connectivity index (χ3n) is 3.05. The van der Waals surface area contributed by atoms with Gasteiger partial charge < -0.3 is 9.42 Å². The van der Waals surface area contributed by atoms with Crippen LogP contribution in [-0.2, 0) is 9.09 Å². The molecule has 0 bridgehead atoms. The number of piperidine rings is 1. The molecule has 0 radical (unpaired) electrons. The molecule has 0 aromatic carbocycles. The average molecular weight is 234 g/mol. The SMILES string of the molecule is CCOP(C)(=O)N1CCC(N(C)C)CC1. The first-order valence-electron chi connectivity index (χ1n) is 5.61. The highest BCUT2D eigenvalue weighted by atomic mass is 31.2. The third kappa shape index (κ3) is 3.56. The fraction of sp³-hybridized carbons (Fsp3) is 1.00. The molecule has 15 heavy (non-hydrogen) atoms. The van der Waals surface area contributed by atoms with Gasteiger partial charge in [0, 0.05) is 25.8 Å². The molecule has 4 nitrogen and oxygen atoms in total. The largest absolute Gasteiger partial charge is 0.318 e. The third-order valence-corrected chi connectivity index (χ3v) is 5.22. The minimum Gasteiger partial charge on any atom is -0.318 e. The molecule has 0 aromatic rings. The zero-order valence-corrected chi connectivity index (χ0v) is 11.2. The minimum absolute atomic E-state index is 0.529. The average Bonchev–Trinajstić information content (AvgIpc) is 2.18. The van der Waals surface area contributed by atoms with Crippen molar-refractivity contribution in [2.75, 3.05) is 40.5 Å². The summed E-state index contributed by atoms with van der Waals surface area (Å²) in [4.78, 5) is 2.25. The molecular weight excluding hydrogens is 211 g/mol. The Morgan fingerprint density at radius 1 is 1.40 bits per heavy atom. The molecular formula is C10H23N2O2P. The van der Waals surface area contributed by atoms with E-state index in [0.29, 0.717) is 12.6 Å². The predicted octanol–water partition coefficient (Wildman–Crippen LogP) is 1.87. The fourth-order valence-corrected chi connectivity index (χ4v) is 3.65. The second-order valence-corrected chi connectivity index (χ2v) is 6.80. The summed E-state index contributed by atoms with van der Waals surface area (Å²) >= 11 is 0. The lowest BCUT2D eigenvalue weighted by atomic mass is 10.1. The van der Waals surface area contributed by atoms with Gasteiger partial charge in [-0.1, -0.05) is 0 Å². The number of hydrogen-bond donors (Lipinski definition) is 0. The summed E-state index contributed by atoms with van der Waals surface area (Å²) in [5.41, 5.74) is 0. The van der Waals surface area contributed by atoms with E-state index in [4.69, 9.17) is 4.52 Å². The molecule has 1 unspecified atom stereocenters. The first kappa shape index (κ1) is 13.2. The molecule has 0 amide bonds. The van der Waals surface area contributed by atoms with Crippen LogP contribution in [0.3, 0.4) is 0 Å². The van der Waals surface area contributed by atoms with E-state index >= 15 is 0 Å². The normalized spacial score (nSPS) is 24.3. The molecule has 0 aromatic heterocycles. The van der Waals surface area contributed by atoms with Crippen LogP contribution in [0.1, 0.15) is 19.8 Å². The van der Waals surface area contributed by atoms with Crippen molar-refractivity contribution in [2.24, 2.45) is 0 Å². The molecule has 1 aliphatic rings. The van der Waals surface area contributed by atoms with Gasteiger partial charge in [-0.05, 0) is 33.9 Å². The summed E-state index contributed by atoms with van der Waals surface area (Å²) in [6.07, 6.45) is 2.16.